The van der Waals surface area contributed by atoms with Crippen LogP contribution in [0.2, 0.25) is 0 Å². The summed E-state index contributed by atoms with van der Waals surface area (Å²) in [6.45, 7) is 6.38. The fourth-order valence-corrected chi connectivity index (χ4v) is 3.48. The third-order valence-corrected chi connectivity index (χ3v) is 4.81. The first-order chi connectivity index (χ1) is 8.58. The van der Waals surface area contributed by atoms with Crippen molar-refractivity contribution in [1.82, 2.24) is 9.38 Å². The van der Waals surface area contributed by atoms with Gasteiger partial charge in [0.2, 0.25) is 0 Å². The van der Waals surface area contributed by atoms with Gasteiger partial charge in [0.1, 0.15) is 0 Å². The number of benzene rings is 1. The molecule has 0 spiro atoms. The monoisotopic (exact) mass is 320 g/mol. The zero-order chi connectivity index (χ0) is 12.9. The molecule has 0 N–H and O–H groups in total. The molecule has 0 saturated carbocycles. The molecular formula is C14H13BrN2S. The smallest absolute Gasteiger partial charge is 0.194 e. The Morgan fingerprint density at radius 3 is 2.44 bits per heavy atom. The molecule has 2 nitrogen and oxygen atoms in total. The summed E-state index contributed by atoms with van der Waals surface area (Å²) in [5.41, 5.74) is 4.80. The Labute approximate surface area is 118 Å². The quantitative estimate of drug-likeness (QED) is 0.632. The van der Waals surface area contributed by atoms with Gasteiger partial charge in [-0.3, -0.25) is 4.40 Å². The van der Waals surface area contributed by atoms with Crippen molar-refractivity contribution in [1.29, 1.82) is 0 Å². The Hall–Kier alpha value is -1.13. The molecule has 92 valence electrons. The highest BCUT2D eigenvalue weighted by Gasteiger charge is 2.15. The highest BCUT2D eigenvalue weighted by Crippen LogP contribution is 2.31. The minimum Gasteiger partial charge on any atom is -0.287 e. The zero-order valence-corrected chi connectivity index (χ0v) is 12.9. The van der Waals surface area contributed by atoms with Crippen molar-refractivity contribution in [2.45, 2.75) is 20.8 Å². The number of thiazole rings is 1. The minimum absolute atomic E-state index is 1.08. The van der Waals surface area contributed by atoms with Crippen LogP contribution >= 0.6 is 27.3 Å². The van der Waals surface area contributed by atoms with E-state index in [1.54, 1.807) is 11.3 Å². The number of hydrogen-bond donors (Lipinski definition) is 0. The highest BCUT2D eigenvalue weighted by molar-refractivity contribution is 9.10. The summed E-state index contributed by atoms with van der Waals surface area (Å²) in [6, 6.07) is 8.41. The fourth-order valence-electron chi connectivity index (χ4n) is 2.20. The second kappa shape index (κ2) is 4.21. The van der Waals surface area contributed by atoms with Crippen LogP contribution in [0.3, 0.4) is 0 Å². The Morgan fingerprint density at radius 2 is 1.78 bits per heavy atom. The summed E-state index contributed by atoms with van der Waals surface area (Å²) in [5.74, 6) is 0. The normalized spacial score (nSPS) is 11.3. The predicted molar refractivity (Wildman–Crippen MR) is 80.4 cm³/mol. The van der Waals surface area contributed by atoms with Gasteiger partial charge in [-0.1, -0.05) is 28.1 Å². The van der Waals surface area contributed by atoms with Crippen LogP contribution in [-0.4, -0.2) is 9.38 Å². The molecule has 0 aliphatic heterocycles. The maximum atomic E-state index is 4.66. The summed E-state index contributed by atoms with van der Waals surface area (Å²) in [5, 5.41) is 0. The van der Waals surface area contributed by atoms with Crippen LogP contribution in [0.15, 0.2) is 28.7 Å². The van der Waals surface area contributed by atoms with E-state index in [-0.39, 0.29) is 0 Å². The van der Waals surface area contributed by atoms with Crippen molar-refractivity contribution < 1.29 is 0 Å². The Balaban J connectivity index is 2.33. The van der Waals surface area contributed by atoms with Crippen molar-refractivity contribution >= 4 is 32.2 Å². The van der Waals surface area contributed by atoms with Crippen molar-refractivity contribution in [3.05, 3.63) is 45.0 Å². The van der Waals surface area contributed by atoms with E-state index in [0.29, 0.717) is 0 Å². The first-order valence-corrected chi connectivity index (χ1v) is 7.40. The number of imidazole rings is 1. The molecule has 4 heteroatoms. The van der Waals surface area contributed by atoms with Gasteiger partial charge in [0.25, 0.3) is 0 Å². The summed E-state index contributed by atoms with van der Waals surface area (Å²) >= 11 is 5.23. The lowest BCUT2D eigenvalue weighted by Gasteiger charge is -2.04. The molecule has 0 unspecified atom stereocenters. The molecule has 0 fully saturated rings. The van der Waals surface area contributed by atoms with Crippen LogP contribution in [0.1, 0.15) is 16.3 Å². The van der Waals surface area contributed by atoms with E-state index in [1.165, 1.54) is 21.8 Å². The van der Waals surface area contributed by atoms with E-state index >= 15 is 0 Å². The zero-order valence-electron chi connectivity index (χ0n) is 10.5. The molecular weight excluding hydrogens is 308 g/mol. The number of rotatable bonds is 1. The second-order valence-corrected chi connectivity index (χ2v) is 6.51. The molecule has 0 amide bonds. The molecule has 1 aromatic carbocycles. The van der Waals surface area contributed by atoms with Gasteiger partial charge in [-0.05, 0) is 32.9 Å². The Bertz CT molecular complexity index is 722. The Morgan fingerprint density at radius 1 is 1.11 bits per heavy atom. The minimum atomic E-state index is 1.08. The molecule has 0 aliphatic carbocycles. The van der Waals surface area contributed by atoms with E-state index in [0.717, 1.165) is 15.1 Å². The summed E-state index contributed by atoms with van der Waals surface area (Å²) in [6.07, 6.45) is 0. The largest absolute Gasteiger partial charge is 0.287 e. The van der Waals surface area contributed by atoms with Crippen molar-refractivity contribution in [2.75, 3.05) is 0 Å². The van der Waals surface area contributed by atoms with Crippen LogP contribution in [0.25, 0.3) is 16.2 Å². The van der Waals surface area contributed by atoms with Gasteiger partial charge in [0, 0.05) is 20.6 Å². The standard InChI is InChI=1S/C14H13BrN2S/c1-8-13(11-4-6-12(15)7-5-11)17-9(2)10(3)18-14(17)16-8/h4-7H,1-3H3. The number of nitrogens with zero attached hydrogens (tertiary/aromatic N) is 2. The molecule has 0 atom stereocenters. The lowest BCUT2D eigenvalue weighted by Crippen LogP contribution is -1.91. The molecule has 0 radical (unpaired) electrons. The van der Waals surface area contributed by atoms with E-state index in [4.69, 9.17) is 0 Å². The molecule has 0 bridgehead atoms. The maximum absolute atomic E-state index is 4.66. The first kappa shape index (κ1) is 11.9. The first-order valence-electron chi connectivity index (χ1n) is 5.79. The van der Waals surface area contributed by atoms with Crippen molar-refractivity contribution in [3.63, 3.8) is 0 Å². The van der Waals surface area contributed by atoms with Gasteiger partial charge in [0.15, 0.2) is 4.96 Å². The highest BCUT2D eigenvalue weighted by atomic mass is 79.9. The van der Waals surface area contributed by atoms with E-state index in [2.05, 4.69) is 70.4 Å². The SMILES string of the molecule is Cc1nc2sc(C)c(C)n2c1-c1ccc(Br)cc1. The van der Waals surface area contributed by atoms with Gasteiger partial charge in [-0.2, -0.15) is 0 Å². The predicted octanol–water partition coefficient (Wildman–Crippen LogP) is 4.75. The van der Waals surface area contributed by atoms with Crippen LogP contribution in [0.5, 0.6) is 0 Å². The molecule has 18 heavy (non-hydrogen) atoms. The van der Waals surface area contributed by atoms with Crippen LogP contribution < -0.4 is 0 Å². The van der Waals surface area contributed by atoms with Crippen LogP contribution in [0, 0.1) is 20.8 Å². The Kier molecular flexibility index (Phi) is 2.79. The number of hydrogen-bond acceptors (Lipinski definition) is 2. The second-order valence-electron chi connectivity index (χ2n) is 4.41. The lowest BCUT2D eigenvalue weighted by molar-refractivity contribution is 1.11. The number of aryl methyl sites for hydroxylation is 3. The average Bonchev–Trinajstić information content (AvgIpc) is 2.78. The third-order valence-electron chi connectivity index (χ3n) is 3.23. The summed E-state index contributed by atoms with van der Waals surface area (Å²) in [4.78, 5) is 7.08. The van der Waals surface area contributed by atoms with E-state index in [9.17, 15) is 0 Å². The molecule has 3 aromatic rings. The lowest BCUT2D eigenvalue weighted by atomic mass is 10.1. The van der Waals surface area contributed by atoms with Crippen molar-refractivity contribution in [2.24, 2.45) is 0 Å². The molecule has 2 heterocycles. The van der Waals surface area contributed by atoms with Gasteiger partial charge < -0.3 is 0 Å². The number of aromatic nitrogens is 2. The molecule has 0 saturated heterocycles. The summed E-state index contributed by atoms with van der Waals surface area (Å²) in [7, 11) is 0. The van der Waals surface area contributed by atoms with Gasteiger partial charge in [0.05, 0.1) is 11.4 Å². The molecule has 3 rings (SSSR count). The topological polar surface area (TPSA) is 17.3 Å². The van der Waals surface area contributed by atoms with E-state index in [1.807, 2.05) is 0 Å². The van der Waals surface area contributed by atoms with Gasteiger partial charge in [-0.25, -0.2) is 4.98 Å². The molecule has 2 aromatic heterocycles. The van der Waals surface area contributed by atoms with Gasteiger partial charge >= 0.3 is 0 Å². The van der Waals surface area contributed by atoms with Crippen LogP contribution in [0.4, 0.5) is 0 Å². The average molecular weight is 321 g/mol. The number of fused-ring (bicyclic) bond motifs is 1. The number of halogens is 1. The fraction of sp³-hybridized carbons (Fsp3) is 0.214. The molecule has 0 aliphatic rings. The summed E-state index contributed by atoms with van der Waals surface area (Å²) < 4.78 is 3.36. The third kappa shape index (κ3) is 1.71. The van der Waals surface area contributed by atoms with Gasteiger partial charge in [-0.15, -0.1) is 11.3 Å². The maximum Gasteiger partial charge on any atom is 0.194 e. The van der Waals surface area contributed by atoms with E-state index < -0.39 is 0 Å². The van der Waals surface area contributed by atoms with Crippen molar-refractivity contribution in [3.8, 4) is 11.3 Å². The van der Waals surface area contributed by atoms with Crippen LogP contribution in [-0.2, 0) is 0 Å².